The number of anilines is 1. The standard InChI is InChI=1S/C30H23N4OS2/c1-20-18-23(19-27-33(2)28-25-11-7-6-8-21(25)12-13-26(28)36-27)32-30(34(20)24-9-4-3-5-10-24)37-29(35)22-14-16-31-17-15-22/h3-19H,1-2H3/q+1. The SMILES string of the molecule is Cc1cc(/C=C2\Sc3ccc4ccccc4c3N2C)nc(SC(=O)c2ccncc2)[n+]1-c1ccccc1. The lowest BCUT2D eigenvalue weighted by Crippen LogP contribution is -2.38. The van der Waals surface area contributed by atoms with Crippen LogP contribution in [-0.4, -0.2) is 22.1 Å². The van der Waals surface area contributed by atoms with E-state index in [-0.39, 0.29) is 5.12 Å². The van der Waals surface area contributed by atoms with Crippen molar-refractivity contribution >= 4 is 51.2 Å². The van der Waals surface area contributed by atoms with Gasteiger partial charge in [0.25, 0.3) is 0 Å². The molecule has 37 heavy (non-hydrogen) atoms. The number of aryl methyl sites for hydroxylation is 1. The Morgan fingerprint density at radius 2 is 1.73 bits per heavy atom. The maximum absolute atomic E-state index is 13.1. The Bertz CT molecular complexity index is 1670. The van der Waals surface area contributed by atoms with Crippen molar-refractivity contribution in [3.05, 3.63) is 119 Å². The quantitative estimate of drug-likeness (QED) is 0.150. The van der Waals surface area contributed by atoms with Gasteiger partial charge in [0, 0.05) is 59.2 Å². The molecule has 0 N–H and O–H groups in total. The summed E-state index contributed by atoms with van der Waals surface area (Å²) >= 11 is 2.87. The molecule has 3 aromatic carbocycles. The van der Waals surface area contributed by atoms with Gasteiger partial charge in [0.1, 0.15) is 11.4 Å². The Hall–Kier alpha value is -3.94. The fourth-order valence-electron chi connectivity index (χ4n) is 4.49. The van der Waals surface area contributed by atoms with Crippen LogP contribution in [0.15, 0.2) is 112 Å². The molecular weight excluding hydrogens is 496 g/mol. The predicted octanol–water partition coefficient (Wildman–Crippen LogP) is 6.69. The van der Waals surface area contributed by atoms with Crippen LogP contribution >= 0.6 is 23.5 Å². The molecule has 180 valence electrons. The molecule has 5 aromatic rings. The van der Waals surface area contributed by atoms with E-state index in [4.69, 9.17) is 4.98 Å². The lowest BCUT2D eigenvalue weighted by Gasteiger charge is -2.15. The predicted molar refractivity (Wildman–Crippen MR) is 151 cm³/mol. The third-order valence-electron chi connectivity index (χ3n) is 6.26. The summed E-state index contributed by atoms with van der Waals surface area (Å²) < 4.78 is 2.03. The Labute approximate surface area is 223 Å². The van der Waals surface area contributed by atoms with E-state index in [0.29, 0.717) is 10.7 Å². The second-order valence-corrected chi connectivity index (χ2v) is 10.7. The summed E-state index contributed by atoms with van der Waals surface area (Å²) in [5.41, 5.74) is 4.57. The Balaban J connectivity index is 1.42. The first-order chi connectivity index (χ1) is 18.1. The van der Waals surface area contributed by atoms with Crippen molar-refractivity contribution in [3.8, 4) is 5.69 Å². The van der Waals surface area contributed by atoms with Crippen molar-refractivity contribution < 1.29 is 9.36 Å². The molecule has 5 nitrogen and oxygen atoms in total. The number of carbonyl (C=O) groups is 1. The number of nitrogens with zero attached hydrogens (tertiary/aromatic N) is 4. The summed E-state index contributed by atoms with van der Waals surface area (Å²) in [6.07, 6.45) is 5.36. The second-order valence-electron chi connectivity index (χ2n) is 8.68. The van der Waals surface area contributed by atoms with Crippen LogP contribution in [-0.2, 0) is 0 Å². The molecule has 0 saturated heterocycles. The molecule has 1 aliphatic heterocycles. The van der Waals surface area contributed by atoms with Gasteiger partial charge in [-0.05, 0) is 47.6 Å². The van der Waals surface area contributed by atoms with Gasteiger partial charge in [0.05, 0.1) is 10.7 Å². The minimum atomic E-state index is -0.0741. The van der Waals surface area contributed by atoms with E-state index in [9.17, 15) is 4.79 Å². The van der Waals surface area contributed by atoms with Gasteiger partial charge in [-0.3, -0.25) is 9.78 Å². The van der Waals surface area contributed by atoms with Crippen LogP contribution in [0.25, 0.3) is 22.5 Å². The molecule has 6 rings (SSSR count). The number of fused-ring (bicyclic) bond motifs is 3. The largest absolute Gasteiger partial charge is 0.373 e. The highest BCUT2D eigenvalue weighted by Crippen LogP contribution is 2.49. The van der Waals surface area contributed by atoms with Crippen LogP contribution in [0.2, 0.25) is 0 Å². The molecule has 0 saturated carbocycles. The van der Waals surface area contributed by atoms with Gasteiger partial charge in [-0.1, -0.05) is 60.3 Å². The minimum absolute atomic E-state index is 0.0741. The lowest BCUT2D eigenvalue weighted by atomic mass is 10.1. The molecule has 0 aliphatic carbocycles. The van der Waals surface area contributed by atoms with Crippen molar-refractivity contribution in [3.63, 3.8) is 0 Å². The van der Waals surface area contributed by atoms with Gasteiger partial charge in [-0.2, -0.15) is 4.57 Å². The van der Waals surface area contributed by atoms with Gasteiger partial charge < -0.3 is 4.90 Å². The Kier molecular flexibility index (Phi) is 6.24. The minimum Gasteiger partial charge on any atom is -0.338 e. The maximum Gasteiger partial charge on any atom is 0.373 e. The van der Waals surface area contributed by atoms with Crippen LogP contribution in [0.3, 0.4) is 0 Å². The van der Waals surface area contributed by atoms with Crippen LogP contribution in [0, 0.1) is 6.92 Å². The molecule has 0 fully saturated rings. The fraction of sp³-hybridized carbons (Fsp3) is 0.0667. The highest BCUT2D eigenvalue weighted by Gasteiger charge is 2.27. The van der Waals surface area contributed by atoms with Crippen molar-refractivity contribution in [2.45, 2.75) is 17.0 Å². The van der Waals surface area contributed by atoms with E-state index in [1.165, 1.54) is 21.4 Å². The molecule has 0 atom stereocenters. The average Bonchev–Trinajstić information content (AvgIpc) is 3.24. The van der Waals surface area contributed by atoms with Gasteiger partial charge in [-0.15, -0.1) is 0 Å². The van der Waals surface area contributed by atoms with Crippen LogP contribution in [0.1, 0.15) is 21.7 Å². The van der Waals surface area contributed by atoms with E-state index in [1.807, 2.05) is 41.8 Å². The molecule has 7 heteroatoms. The molecule has 1 aliphatic rings. The van der Waals surface area contributed by atoms with Crippen molar-refractivity contribution in [2.75, 3.05) is 11.9 Å². The van der Waals surface area contributed by atoms with Crippen LogP contribution in [0.4, 0.5) is 5.69 Å². The second kappa shape index (κ2) is 9.84. The molecule has 0 unspecified atom stereocenters. The summed E-state index contributed by atoms with van der Waals surface area (Å²) in [5.74, 6) is 0. The zero-order valence-electron chi connectivity index (χ0n) is 20.3. The van der Waals surface area contributed by atoms with Crippen molar-refractivity contribution in [1.82, 2.24) is 9.97 Å². The molecule has 0 radical (unpaired) electrons. The fourth-order valence-corrected chi connectivity index (χ4v) is 6.52. The topological polar surface area (TPSA) is 50.0 Å². The number of thioether (sulfide) groups is 2. The summed E-state index contributed by atoms with van der Waals surface area (Å²) in [4.78, 5) is 25.6. The van der Waals surface area contributed by atoms with Crippen molar-refractivity contribution in [1.29, 1.82) is 0 Å². The highest BCUT2D eigenvalue weighted by molar-refractivity contribution is 8.13. The molecule has 2 aromatic heterocycles. The number of aromatic nitrogens is 3. The first-order valence-electron chi connectivity index (χ1n) is 11.8. The first-order valence-corrected chi connectivity index (χ1v) is 13.5. The molecule has 3 heterocycles. The number of hydrogen-bond acceptors (Lipinski definition) is 6. The third kappa shape index (κ3) is 4.52. The maximum atomic E-state index is 13.1. The van der Waals surface area contributed by atoms with E-state index in [1.54, 1.807) is 36.3 Å². The summed E-state index contributed by atoms with van der Waals surface area (Å²) in [7, 11) is 2.10. The van der Waals surface area contributed by atoms with Gasteiger partial charge >= 0.3 is 5.16 Å². The zero-order chi connectivity index (χ0) is 25.4. The summed E-state index contributed by atoms with van der Waals surface area (Å²) in [5, 5.41) is 4.09. The summed E-state index contributed by atoms with van der Waals surface area (Å²) in [6, 6.07) is 28.3. The number of rotatable bonds is 4. The monoisotopic (exact) mass is 519 g/mol. The van der Waals surface area contributed by atoms with E-state index in [2.05, 4.69) is 65.5 Å². The van der Waals surface area contributed by atoms with Gasteiger partial charge in [-0.25, -0.2) is 0 Å². The highest BCUT2D eigenvalue weighted by atomic mass is 32.2. The molecular formula is C30H23N4OS2+. The van der Waals surface area contributed by atoms with E-state index < -0.39 is 0 Å². The number of benzene rings is 3. The average molecular weight is 520 g/mol. The Morgan fingerprint density at radius 1 is 0.973 bits per heavy atom. The number of pyridine rings is 1. The van der Waals surface area contributed by atoms with Crippen molar-refractivity contribution in [2.24, 2.45) is 0 Å². The number of hydrogen-bond donors (Lipinski definition) is 0. The smallest absolute Gasteiger partial charge is 0.338 e. The van der Waals surface area contributed by atoms with Crippen LogP contribution < -0.4 is 9.47 Å². The van der Waals surface area contributed by atoms with E-state index in [0.717, 1.165) is 33.9 Å². The molecule has 0 bridgehead atoms. The Morgan fingerprint density at radius 3 is 2.54 bits per heavy atom. The molecule has 0 spiro atoms. The number of para-hydroxylation sites is 1. The van der Waals surface area contributed by atoms with Gasteiger partial charge in [0.15, 0.2) is 5.69 Å². The number of carbonyl (C=O) groups excluding carboxylic acids is 1. The van der Waals surface area contributed by atoms with Gasteiger partial charge in [0.2, 0.25) is 5.12 Å². The normalized spacial score (nSPS) is 13.8. The zero-order valence-corrected chi connectivity index (χ0v) is 22.0. The third-order valence-corrected chi connectivity index (χ3v) is 8.28. The van der Waals surface area contributed by atoms with E-state index >= 15 is 0 Å². The first kappa shape index (κ1) is 23.5. The summed E-state index contributed by atoms with van der Waals surface area (Å²) in [6.45, 7) is 2.05. The molecule has 0 amide bonds. The lowest BCUT2D eigenvalue weighted by molar-refractivity contribution is -0.647. The van der Waals surface area contributed by atoms with Crippen LogP contribution in [0.5, 0.6) is 0 Å².